The third kappa shape index (κ3) is 2.02. The first-order valence-electron chi connectivity index (χ1n) is 5.21. The quantitative estimate of drug-likeness (QED) is 0.744. The van der Waals surface area contributed by atoms with Gasteiger partial charge in [-0.25, -0.2) is 9.97 Å². The minimum Gasteiger partial charge on any atom is -0.362 e. The first kappa shape index (κ1) is 11.4. The largest absolute Gasteiger partial charge is 0.362 e. The Labute approximate surface area is 112 Å². The van der Waals surface area contributed by atoms with E-state index in [0.29, 0.717) is 23.5 Å². The standard InChI is InChI=1S/C10H9ClN6S/c1-17-5-14-7-8(15-10(11)16-9(7)17)13-4-6-12-2-3-18-6/h2-3,5H,4H2,1H3,(H,13,15,16). The fourth-order valence-corrected chi connectivity index (χ4v) is 2.32. The first-order chi connectivity index (χ1) is 8.74. The van der Waals surface area contributed by atoms with Crippen molar-refractivity contribution in [3.8, 4) is 0 Å². The number of aromatic nitrogens is 5. The molecule has 6 nitrogen and oxygen atoms in total. The van der Waals surface area contributed by atoms with Gasteiger partial charge in [0.2, 0.25) is 5.28 Å². The predicted molar refractivity (Wildman–Crippen MR) is 70.8 cm³/mol. The van der Waals surface area contributed by atoms with Crippen molar-refractivity contribution in [2.24, 2.45) is 7.05 Å². The molecule has 0 bridgehead atoms. The van der Waals surface area contributed by atoms with Crippen LogP contribution in [0.15, 0.2) is 17.9 Å². The molecular weight excluding hydrogens is 272 g/mol. The Kier molecular flexibility index (Phi) is 2.85. The number of fused-ring (bicyclic) bond motifs is 1. The van der Waals surface area contributed by atoms with E-state index < -0.39 is 0 Å². The van der Waals surface area contributed by atoms with E-state index in [1.165, 1.54) is 0 Å². The summed E-state index contributed by atoms with van der Waals surface area (Å²) in [5, 5.41) is 6.29. The number of thiazole rings is 1. The van der Waals surface area contributed by atoms with Crippen LogP contribution in [0.1, 0.15) is 5.01 Å². The summed E-state index contributed by atoms with van der Waals surface area (Å²) in [7, 11) is 1.86. The van der Waals surface area contributed by atoms with Crippen molar-refractivity contribution in [3.63, 3.8) is 0 Å². The summed E-state index contributed by atoms with van der Waals surface area (Å²) in [6.07, 6.45) is 3.45. The second-order valence-electron chi connectivity index (χ2n) is 3.65. The second kappa shape index (κ2) is 4.51. The van der Waals surface area contributed by atoms with Crippen molar-refractivity contribution in [2.45, 2.75) is 6.54 Å². The fraction of sp³-hybridized carbons (Fsp3) is 0.200. The number of hydrogen-bond acceptors (Lipinski definition) is 6. The molecule has 8 heteroatoms. The van der Waals surface area contributed by atoms with Gasteiger partial charge in [0.25, 0.3) is 0 Å². The number of anilines is 1. The molecule has 0 aromatic carbocycles. The molecule has 0 unspecified atom stereocenters. The Morgan fingerprint density at radius 3 is 3.06 bits per heavy atom. The van der Waals surface area contributed by atoms with Gasteiger partial charge in [-0.1, -0.05) is 0 Å². The molecule has 3 rings (SSSR count). The van der Waals surface area contributed by atoms with E-state index in [2.05, 4.69) is 25.3 Å². The van der Waals surface area contributed by atoms with E-state index in [1.54, 1.807) is 28.4 Å². The van der Waals surface area contributed by atoms with E-state index in [4.69, 9.17) is 11.6 Å². The molecule has 92 valence electrons. The van der Waals surface area contributed by atoms with Gasteiger partial charge in [-0.15, -0.1) is 11.3 Å². The summed E-state index contributed by atoms with van der Waals surface area (Å²) in [6, 6.07) is 0. The molecule has 0 amide bonds. The van der Waals surface area contributed by atoms with Crippen LogP contribution in [0.2, 0.25) is 5.28 Å². The number of rotatable bonds is 3. The highest BCUT2D eigenvalue weighted by Crippen LogP contribution is 2.20. The maximum absolute atomic E-state index is 5.90. The number of halogens is 1. The molecule has 0 aliphatic heterocycles. The normalized spacial score (nSPS) is 11.0. The van der Waals surface area contributed by atoms with Gasteiger partial charge in [-0.3, -0.25) is 0 Å². The van der Waals surface area contributed by atoms with E-state index in [1.807, 2.05) is 12.4 Å². The summed E-state index contributed by atoms with van der Waals surface area (Å²) in [6.45, 7) is 0.594. The Hall–Kier alpha value is -1.73. The highest BCUT2D eigenvalue weighted by atomic mass is 35.5. The van der Waals surface area contributed by atoms with Crippen LogP contribution in [0.25, 0.3) is 11.2 Å². The van der Waals surface area contributed by atoms with Crippen LogP contribution in [-0.4, -0.2) is 24.5 Å². The topological polar surface area (TPSA) is 68.5 Å². The average molecular weight is 281 g/mol. The molecule has 0 aliphatic carbocycles. The second-order valence-corrected chi connectivity index (χ2v) is 4.97. The Morgan fingerprint density at radius 2 is 2.28 bits per heavy atom. The lowest BCUT2D eigenvalue weighted by atomic mass is 10.5. The lowest BCUT2D eigenvalue weighted by Crippen LogP contribution is -2.03. The van der Waals surface area contributed by atoms with Gasteiger partial charge in [0, 0.05) is 18.6 Å². The van der Waals surface area contributed by atoms with Crippen molar-refractivity contribution in [1.29, 1.82) is 0 Å². The van der Waals surface area contributed by atoms with Crippen LogP contribution >= 0.6 is 22.9 Å². The van der Waals surface area contributed by atoms with Crippen LogP contribution in [0.3, 0.4) is 0 Å². The van der Waals surface area contributed by atoms with E-state index in [0.717, 1.165) is 5.01 Å². The maximum atomic E-state index is 5.90. The highest BCUT2D eigenvalue weighted by Gasteiger charge is 2.11. The SMILES string of the molecule is Cn1cnc2c(NCc3nccs3)nc(Cl)nc21. The zero-order valence-electron chi connectivity index (χ0n) is 9.46. The zero-order valence-corrected chi connectivity index (χ0v) is 11.0. The lowest BCUT2D eigenvalue weighted by molar-refractivity contribution is 0.928. The van der Waals surface area contributed by atoms with Gasteiger partial charge >= 0.3 is 0 Å². The summed E-state index contributed by atoms with van der Waals surface area (Å²) in [4.78, 5) is 16.8. The minimum absolute atomic E-state index is 0.202. The van der Waals surface area contributed by atoms with Gasteiger partial charge in [0.1, 0.15) is 5.01 Å². The highest BCUT2D eigenvalue weighted by molar-refractivity contribution is 7.09. The molecule has 0 fully saturated rings. The molecule has 18 heavy (non-hydrogen) atoms. The molecule has 0 aliphatic rings. The molecule has 0 saturated carbocycles. The average Bonchev–Trinajstić information content (AvgIpc) is 2.97. The van der Waals surface area contributed by atoms with Crippen molar-refractivity contribution in [1.82, 2.24) is 24.5 Å². The summed E-state index contributed by atoms with van der Waals surface area (Å²) < 4.78 is 1.80. The van der Waals surface area contributed by atoms with Crippen LogP contribution in [0.5, 0.6) is 0 Å². The Bertz CT molecular complexity index is 677. The number of aryl methyl sites for hydroxylation is 1. The van der Waals surface area contributed by atoms with Gasteiger partial charge in [-0.05, 0) is 11.6 Å². The number of imidazole rings is 1. The number of nitrogens with one attached hydrogen (secondary N) is 1. The molecule has 0 saturated heterocycles. The minimum atomic E-state index is 0.202. The first-order valence-corrected chi connectivity index (χ1v) is 6.46. The van der Waals surface area contributed by atoms with Crippen LogP contribution in [-0.2, 0) is 13.6 Å². The monoisotopic (exact) mass is 280 g/mol. The summed E-state index contributed by atoms with van der Waals surface area (Å²) >= 11 is 7.48. The zero-order chi connectivity index (χ0) is 12.5. The van der Waals surface area contributed by atoms with Gasteiger partial charge in [0.15, 0.2) is 17.0 Å². The maximum Gasteiger partial charge on any atom is 0.226 e. The number of nitrogens with zero attached hydrogens (tertiary/aromatic N) is 5. The van der Waals surface area contributed by atoms with Gasteiger partial charge in [-0.2, -0.15) is 9.97 Å². The predicted octanol–water partition coefficient (Wildman–Crippen LogP) is 2.09. The number of hydrogen-bond donors (Lipinski definition) is 1. The molecular formula is C10H9ClN6S. The molecule has 3 aromatic rings. The van der Waals surface area contributed by atoms with Crippen molar-refractivity contribution < 1.29 is 0 Å². The van der Waals surface area contributed by atoms with Crippen LogP contribution in [0.4, 0.5) is 5.82 Å². The third-order valence-corrected chi connectivity index (χ3v) is 3.37. The van der Waals surface area contributed by atoms with Gasteiger partial charge < -0.3 is 9.88 Å². The van der Waals surface area contributed by atoms with Crippen LogP contribution in [0, 0.1) is 0 Å². The van der Waals surface area contributed by atoms with Crippen molar-refractivity contribution in [3.05, 3.63) is 28.2 Å². The van der Waals surface area contributed by atoms with E-state index in [-0.39, 0.29) is 5.28 Å². The fourth-order valence-electron chi connectivity index (χ4n) is 1.60. The smallest absolute Gasteiger partial charge is 0.226 e. The summed E-state index contributed by atoms with van der Waals surface area (Å²) in [5.41, 5.74) is 1.41. The summed E-state index contributed by atoms with van der Waals surface area (Å²) in [5.74, 6) is 0.626. The van der Waals surface area contributed by atoms with Crippen molar-refractivity contribution >= 4 is 39.9 Å². The molecule has 0 radical (unpaired) electrons. The molecule has 3 heterocycles. The molecule has 1 N–H and O–H groups in total. The molecule has 0 spiro atoms. The Morgan fingerprint density at radius 1 is 1.39 bits per heavy atom. The molecule has 0 atom stereocenters. The van der Waals surface area contributed by atoms with Gasteiger partial charge in [0.05, 0.1) is 12.9 Å². The molecule has 3 aromatic heterocycles. The van der Waals surface area contributed by atoms with Crippen molar-refractivity contribution in [2.75, 3.05) is 5.32 Å². The Balaban J connectivity index is 1.95. The van der Waals surface area contributed by atoms with E-state index >= 15 is 0 Å². The third-order valence-electron chi connectivity index (χ3n) is 2.42. The van der Waals surface area contributed by atoms with Crippen LogP contribution < -0.4 is 5.32 Å². The lowest BCUT2D eigenvalue weighted by Gasteiger charge is -2.04. The van der Waals surface area contributed by atoms with E-state index in [9.17, 15) is 0 Å².